The molecule has 60 valence electrons. The third-order valence-electron chi connectivity index (χ3n) is 0.767. The summed E-state index contributed by atoms with van der Waals surface area (Å²) in [5.74, 6) is -0.145. The molecule has 0 radical (unpaired) electrons. The Bertz CT molecular complexity index is 271. The SMILES string of the molecule is O=P(O)(O)Oc1ccncn1. The van der Waals surface area contributed by atoms with Crippen molar-refractivity contribution in [3.8, 4) is 5.88 Å². The van der Waals surface area contributed by atoms with Crippen LogP contribution in [0.2, 0.25) is 0 Å². The molecule has 2 N–H and O–H groups in total. The van der Waals surface area contributed by atoms with E-state index >= 15 is 0 Å². The van der Waals surface area contributed by atoms with E-state index in [0.717, 1.165) is 6.33 Å². The largest absolute Gasteiger partial charge is 0.526 e. The lowest BCUT2D eigenvalue weighted by Gasteiger charge is -2.03. The van der Waals surface area contributed by atoms with Crippen LogP contribution in [0.5, 0.6) is 5.88 Å². The smallest absolute Gasteiger partial charge is 0.386 e. The second-order valence-electron chi connectivity index (χ2n) is 1.63. The van der Waals surface area contributed by atoms with Gasteiger partial charge < -0.3 is 4.52 Å². The van der Waals surface area contributed by atoms with Gasteiger partial charge in [-0.3, -0.25) is 9.79 Å². The maximum atomic E-state index is 10.2. The van der Waals surface area contributed by atoms with E-state index in [4.69, 9.17) is 9.79 Å². The molecule has 0 aliphatic carbocycles. The summed E-state index contributed by atoms with van der Waals surface area (Å²) in [7, 11) is -4.48. The second kappa shape index (κ2) is 2.96. The van der Waals surface area contributed by atoms with Crippen molar-refractivity contribution < 1.29 is 18.9 Å². The van der Waals surface area contributed by atoms with Gasteiger partial charge in [0.25, 0.3) is 0 Å². The molecule has 1 aromatic rings. The lowest BCUT2D eigenvalue weighted by molar-refractivity contribution is 0.279. The monoisotopic (exact) mass is 176 g/mol. The van der Waals surface area contributed by atoms with Crippen molar-refractivity contribution in [2.75, 3.05) is 0 Å². The third kappa shape index (κ3) is 3.08. The Labute approximate surface area is 62.1 Å². The maximum Gasteiger partial charge on any atom is 0.526 e. The molecule has 7 heteroatoms. The van der Waals surface area contributed by atoms with E-state index in [0.29, 0.717) is 0 Å². The van der Waals surface area contributed by atoms with Crippen molar-refractivity contribution in [2.24, 2.45) is 0 Å². The minimum atomic E-state index is -4.48. The van der Waals surface area contributed by atoms with Gasteiger partial charge in [0.1, 0.15) is 6.33 Å². The molecule has 0 atom stereocenters. The summed E-state index contributed by atoms with van der Waals surface area (Å²) < 4.78 is 14.3. The fraction of sp³-hybridized carbons (Fsp3) is 0. The van der Waals surface area contributed by atoms with Gasteiger partial charge in [-0.05, 0) is 0 Å². The van der Waals surface area contributed by atoms with E-state index in [2.05, 4.69) is 14.5 Å². The molecule has 0 amide bonds. The fourth-order valence-electron chi connectivity index (χ4n) is 0.454. The van der Waals surface area contributed by atoms with E-state index in [1.807, 2.05) is 0 Å². The first-order chi connectivity index (χ1) is 5.08. The predicted molar refractivity (Wildman–Crippen MR) is 34.7 cm³/mol. The van der Waals surface area contributed by atoms with Crippen molar-refractivity contribution in [2.45, 2.75) is 0 Å². The Morgan fingerprint density at radius 3 is 2.73 bits per heavy atom. The van der Waals surface area contributed by atoms with E-state index in [-0.39, 0.29) is 5.88 Å². The molecule has 0 fully saturated rings. The topological polar surface area (TPSA) is 92.5 Å². The summed E-state index contributed by atoms with van der Waals surface area (Å²) in [4.78, 5) is 23.6. The van der Waals surface area contributed by atoms with Crippen molar-refractivity contribution in [1.29, 1.82) is 0 Å². The number of rotatable bonds is 2. The number of nitrogens with zero attached hydrogens (tertiary/aromatic N) is 2. The summed E-state index contributed by atoms with van der Waals surface area (Å²) in [6.45, 7) is 0. The van der Waals surface area contributed by atoms with E-state index in [1.165, 1.54) is 12.3 Å². The van der Waals surface area contributed by atoms with E-state index in [9.17, 15) is 4.57 Å². The van der Waals surface area contributed by atoms with Crippen LogP contribution in [0, 0.1) is 0 Å². The molecule has 1 rings (SSSR count). The van der Waals surface area contributed by atoms with Crippen LogP contribution in [0.15, 0.2) is 18.6 Å². The minimum absolute atomic E-state index is 0.145. The molecule has 0 spiro atoms. The van der Waals surface area contributed by atoms with Gasteiger partial charge in [0.2, 0.25) is 5.88 Å². The Morgan fingerprint density at radius 2 is 2.27 bits per heavy atom. The first-order valence-corrected chi connectivity index (χ1v) is 4.12. The average molecular weight is 176 g/mol. The standard InChI is InChI=1S/C4H5N2O4P/c7-11(8,9)10-4-1-2-5-3-6-4/h1-3H,(H2,7,8,9). The van der Waals surface area contributed by atoms with Gasteiger partial charge in [-0.15, -0.1) is 0 Å². The second-order valence-corrected chi connectivity index (χ2v) is 2.79. The van der Waals surface area contributed by atoms with Crippen LogP contribution in [0.1, 0.15) is 0 Å². The zero-order chi connectivity index (χ0) is 8.32. The van der Waals surface area contributed by atoms with Crippen LogP contribution in [0.25, 0.3) is 0 Å². The van der Waals surface area contributed by atoms with Gasteiger partial charge in [0, 0.05) is 12.3 Å². The predicted octanol–water partition coefficient (Wildman–Crippen LogP) is -0.0519. The van der Waals surface area contributed by atoms with Crippen molar-refractivity contribution in [3.63, 3.8) is 0 Å². The summed E-state index contributed by atoms with van der Waals surface area (Å²) in [5, 5.41) is 0. The Balaban J connectivity index is 2.74. The molecule has 0 saturated heterocycles. The summed E-state index contributed by atoms with van der Waals surface area (Å²) in [6.07, 6.45) is 2.45. The van der Waals surface area contributed by atoms with Gasteiger partial charge in [-0.25, -0.2) is 14.5 Å². The van der Waals surface area contributed by atoms with Gasteiger partial charge in [-0.1, -0.05) is 0 Å². The quantitative estimate of drug-likeness (QED) is 0.613. The molecular weight excluding hydrogens is 171 g/mol. The minimum Gasteiger partial charge on any atom is -0.386 e. The molecule has 0 aromatic carbocycles. The van der Waals surface area contributed by atoms with Gasteiger partial charge in [0.05, 0.1) is 0 Å². The first-order valence-electron chi connectivity index (χ1n) is 2.59. The first kappa shape index (κ1) is 8.13. The Kier molecular flexibility index (Phi) is 2.19. The molecule has 1 heterocycles. The highest BCUT2D eigenvalue weighted by molar-refractivity contribution is 7.46. The van der Waals surface area contributed by atoms with Gasteiger partial charge >= 0.3 is 7.82 Å². The van der Waals surface area contributed by atoms with Crippen molar-refractivity contribution in [3.05, 3.63) is 18.6 Å². The molecule has 0 unspecified atom stereocenters. The molecule has 0 aliphatic heterocycles. The molecule has 1 aromatic heterocycles. The number of hydrogen-bond acceptors (Lipinski definition) is 4. The Morgan fingerprint density at radius 1 is 1.55 bits per heavy atom. The molecule has 11 heavy (non-hydrogen) atoms. The lowest BCUT2D eigenvalue weighted by Crippen LogP contribution is -1.92. The van der Waals surface area contributed by atoms with Crippen molar-refractivity contribution >= 4 is 7.82 Å². The van der Waals surface area contributed by atoms with E-state index < -0.39 is 7.82 Å². The van der Waals surface area contributed by atoms with Crippen molar-refractivity contribution in [1.82, 2.24) is 9.97 Å². The van der Waals surface area contributed by atoms with Crippen LogP contribution in [0.4, 0.5) is 0 Å². The number of phosphoric acid groups is 1. The molecule has 6 nitrogen and oxygen atoms in total. The summed E-state index contributed by atoms with van der Waals surface area (Å²) >= 11 is 0. The van der Waals surface area contributed by atoms with Crippen LogP contribution >= 0.6 is 7.82 Å². The van der Waals surface area contributed by atoms with E-state index in [1.54, 1.807) is 0 Å². The maximum absolute atomic E-state index is 10.2. The zero-order valence-corrected chi connectivity index (χ0v) is 6.18. The van der Waals surface area contributed by atoms with Crippen LogP contribution < -0.4 is 4.52 Å². The van der Waals surface area contributed by atoms with Gasteiger partial charge in [0.15, 0.2) is 0 Å². The molecule has 0 saturated carbocycles. The van der Waals surface area contributed by atoms with Gasteiger partial charge in [-0.2, -0.15) is 0 Å². The lowest BCUT2D eigenvalue weighted by atomic mass is 10.6. The number of phosphoric ester groups is 1. The van der Waals surface area contributed by atoms with Crippen LogP contribution in [0.3, 0.4) is 0 Å². The highest BCUT2D eigenvalue weighted by Gasteiger charge is 2.15. The number of aromatic nitrogens is 2. The van der Waals surface area contributed by atoms with Crippen LogP contribution in [-0.2, 0) is 4.57 Å². The van der Waals surface area contributed by atoms with Crippen LogP contribution in [-0.4, -0.2) is 19.8 Å². The molecule has 0 aliphatic rings. The number of hydrogen-bond donors (Lipinski definition) is 2. The average Bonchev–Trinajstić information content (AvgIpc) is 1.85. The molecular formula is C4H5N2O4P. The third-order valence-corrected chi connectivity index (χ3v) is 1.19. The highest BCUT2D eigenvalue weighted by Crippen LogP contribution is 2.35. The normalized spacial score (nSPS) is 11.1. The highest BCUT2D eigenvalue weighted by atomic mass is 31.2. The Hall–Kier alpha value is -0.970. The fourth-order valence-corrected chi connectivity index (χ4v) is 0.806. The zero-order valence-electron chi connectivity index (χ0n) is 5.28. The molecule has 0 bridgehead atoms. The summed E-state index contributed by atoms with van der Waals surface area (Å²) in [6, 6.07) is 1.25. The summed E-state index contributed by atoms with van der Waals surface area (Å²) in [5.41, 5.74) is 0.